The minimum absolute atomic E-state index is 0.0438. The first-order chi connectivity index (χ1) is 15.3. The predicted octanol–water partition coefficient (Wildman–Crippen LogP) is 4.76. The second-order valence-electron chi connectivity index (χ2n) is 7.51. The normalized spacial score (nSPS) is 10.9. The average Bonchev–Trinajstić information content (AvgIpc) is 3.19. The number of aryl methyl sites for hydroxylation is 2. The predicted molar refractivity (Wildman–Crippen MR) is 129 cm³/mol. The van der Waals surface area contributed by atoms with Crippen molar-refractivity contribution < 1.29 is 14.3 Å². The van der Waals surface area contributed by atoms with Crippen LogP contribution in [0.25, 0.3) is 6.08 Å². The molecule has 0 saturated heterocycles. The molecule has 0 radical (unpaired) electrons. The number of hydrogen-bond acceptors (Lipinski definition) is 5. The van der Waals surface area contributed by atoms with Crippen molar-refractivity contribution in [1.29, 1.82) is 0 Å². The van der Waals surface area contributed by atoms with Gasteiger partial charge in [-0.25, -0.2) is 4.98 Å². The van der Waals surface area contributed by atoms with Gasteiger partial charge in [0.1, 0.15) is 12.4 Å². The first-order valence-corrected chi connectivity index (χ1v) is 11.1. The van der Waals surface area contributed by atoms with Gasteiger partial charge in [-0.1, -0.05) is 30.3 Å². The summed E-state index contributed by atoms with van der Waals surface area (Å²) < 4.78 is 5.88. The minimum Gasteiger partial charge on any atom is -0.487 e. The smallest absolute Gasteiger partial charge is 0.246 e. The quantitative estimate of drug-likeness (QED) is 0.504. The summed E-state index contributed by atoms with van der Waals surface area (Å²) in [5, 5.41) is 5.83. The van der Waals surface area contributed by atoms with Gasteiger partial charge in [-0.2, -0.15) is 0 Å². The molecule has 0 atom stereocenters. The molecule has 0 aliphatic rings. The Morgan fingerprint density at radius 3 is 2.66 bits per heavy atom. The average molecular weight is 450 g/mol. The second kappa shape index (κ2) is 10.7. The number of carbonyl (C=O) groups excluding carboxylic acids is 2. The van der Waals surface area contributed by atoms with Crippen molar-refractivity contribution >= 4 is 34.9 Å². The Morgan fingerprint density at radius 2 is 1.91 bits per heavy atom. The first kappa shape index (κ1) is 23.2. The summed E-state index contributed by atoms with van der Waals surface area (Å²) in [4.78, 5) is 30.7. The van der Waals surface area contributed by atoms with Gasteiger partial charge in [0.2, 0.25) is 11.8 Å². The van der Waals surface area contributed by atoms with E-state index in [1.54, 1.807) is 24.5 Å². The molecular formula is C25H27N3O3S. The highest BCUT2D eigenvalue weighted by atomic mass is 32.1. The lowest BCUT2D eigenvalue weighted by molar-refractivity contribution is -0.129. The van der Waals surface area contributed by atoms with E-state index in [4.69, 9.17) is 4.74 Å². The fourth-order valence-corrected chi connectivity index (χ4v) is 3.63. The van der Waals surface area contributed by atoms with Gasteiger partial charge in [0.05, 0.1) is 17.2 Å². The molecule has 0 bridgehead atoms. The number of amides is 2. The number of nitrogens with one attached hydrogen (secondary N) is 1. The van der Waals surface area contributed by atoms with Crippen LogP contribution in [0.5, 0.6) is 5.75 Å². The van der Waals surface area contributed by atoms with E-state index >= 15 is 0 Å². The van der Waals surface area contributed by atoms with E-state index in [0.717, 1.165) is 33.1 Å². The van der Waals surface area contributed by atoms with Gasteiger partial charge in [-0.05, 0) is 50.1 Å². The highest BCUT2D eigenvalue weighted by Crippen LogP contribution is 2.21. The van der Waals surface area contributed by atoms with Crippen LogP contribution in [0.2, 0.25) is 0 Å². The summed E-state index contributed by atoms with van der Waals surface area (Å²) in [5.74, 6) is 0.147. The number of hydrogen-bond donors (Lipinski definition) is 1. The van der Waals surface area contributed by atoms with E-state index in [1.165, 1.54) is 11.0 Å². The van der Waals surface area contributed by atoms with E-state index in [9.17, 15) is 9.59 Å². The minimum atomic E-state index is -0.272. The van der Waals surface area contributed by atoms with Gasteiger partial charge < -0.3 is 15.0 Å². The molecule has 7 heteroatoms. The molecule has 3 aromatic rings. The molecule has 0 aliphatic heterocycles. The van der Waals surface area contributed by atoms with Crippen molar-refractivity contribution in [2.75, 3.05) is 18.9 Å². The number of para-hydroxylation sites is 1. The number of aromatic nitrogens is 1. The molecule has 0 unspecified atom stereocenters. The third-order valence-corrected chi connectivity index (χ3v) is 5.82. The lowest BCUT2D eigenvalue weighted by Crippen LogP contribution is -2.34. The Labute approximate surface area is 192 Å². The molecule has 0 fully saturated rings. The molecule has 0 spiro atoms. The first-order valence-electron chi connectivity index (χ1n) is 10.3. The molecule has 1 N–H and O–H groups in total. The van der Waals surface area contributed by atoms with Crippen molar-refractivity contribution in [3.8, 4) is 5.75 Å². The summed E-state index contributed by atoms with van der Waals surface area (Å²) in [5.41, 5.74) is 4.52. The second-order valence-corrected chi connectivity index (χ2v) is 8.57. The number of benzene rings is 2. The maximum Gasteiger partial charge on any atom is 0.246 e. The Kier molecular flexibility index (Phi) is 7.78. The number of thiazole rings is 1. The van der Waals surface area contributed by atoms with Crippen LogP contribution in [0.15, 0.2) is 53.9 Å². The van der Waals surface area contributed by atoms with E-state index in [2.05, 4.69) is 10.3 Å². The standard InChI is InChI=1S/C25H27N3O3S/c1-17-8-7-10-22(18(17)2)27-24(29)14-28(4)25(30)13-12-20-9-5-6-11-23(20)31-15-21-16-32-19(3)26-21/h5-13,16H,14-15H2,1-4H3,(H,27,29)/b13-12+. The van der Waals surface area contributed by atoms with Gasteiger partial charge in [0.15, 0.2) is 0 Å². The molecule has 2 aromatic carbocycles. The summed E-state index contributed by atoms with van der Waals surface area (Å²) >= 11 is 1.58. The zero-order chi connectivity index (χ0) is 23.1. The van der Waals surface area contributed by atoms with Crippen molar-refractivity contribution in [2.24, 2.45) is 0 Å². The summed E-state index contributed by atoms with van der Waals surface area (Å²) in [6.07, 6.45) is 3.14. The fourth-order valence-electron chi connectivity index (χ4n) is 3.03. The number of rotatable bonds is 8. The Hall–Kier alpha value is -3.45. The van der Waals surface area contributed by atoms with Crippen LogP contribution in [0.3, 0.4) is 0 Å². The molecule has 6 nitrogen and oxygen atoms in total. The lowest BCUT2D eigenvalue weighted by atomic mass is 10.1. The Morgan fingerprint density at radius 1 is 1.12 bits per heavy atom. The van der Waals surface area contributed by atoms with Crippen molar-refractivity contribution in [2.45, 2.75) is 27.4 Å². The SMILES string of the molecule is Cc1nc(COc2ccccc2/C=C/C(=O)N(C)CC(=O)Nc2cccc(C)c2C)cs1. The largest absolute Gasteiger partial charge is 0.487 e. The van der Waals surface area contributed by atoms with Crippen molar-refractivity contribution in [1.82, 2.24) is 9.88 Å². The van der Waals surface area contributed by atoms with Gasteiger partial charge in [0, 0.05) is 29.8 Å². The summed E-state index contributed by atoms with van der Waals surface area (Å²) in [7, 11) is 1.60. The van der Waals surface area contributed by atoms with E-state index in [0.29, 0.717) is 12.4 Å². The molecule has 0 aliphatic carbocycles. The van der Waals surface area contributed by atoms with E-state index in [-0.39, 0.29) is 18.4 Å². The highest BCUT2D eigenvalue weighted by molar-refractivity contribution is 7.09. The van der Waals surface area contributed by atoms with Crippen LogP contribution in [0.1, 0.15) is 27.4 Å². The zero-order valence-electron chi connectivity index (χ0n) is 18.7. The molecule has 1 aromatic heterocycles. The third-order valence-electron chi connectivity index (χ3n) is 5.00. The van der Waals surface area contributed by atoms with Crippen LogP contribution in [-0.2, 0) is 16.2 Å². The van der Waals surface area contributed by atoms with Gasteiger partial charge >= 0.3 is 0 Å². The molecule has 3 rings (SSSR count). The highest BCUT2D eigenvalue weighted by Gasteiger charge is 2.12. The van der Waals surface area contributed by atoms with Crippen LogP contribution in [0, 0.1) is 20.8 Å². The molecule has 0 saturated carbocycles. The zero-order valence-corrected chi connectivity index (χ0v) is 19.5. The Balaban J connectivity index is 1.58. The van der Waals surface area contributed by atoms with Crippen LogP contribution in [0.4, 0.5) is 5.69 Å². The van der Waals surface area contributed by atoms with Crippen LogP contribution < -0.4 is 10.1 Å². The maximum atomic E-state index is 12.5. The number of nitrogens with zero attached hydrogens (tertiary/aromatic N) is 2. The van der Waals surface area contributed by atoms with Crippen LogP contribution in [-0.4, -0.2) is 35.3 Å². The molecule has 32 heavy (non-hydrogen) atoms. The van der Waals surface area contributed by atoms with Gasteiger partial charge in [-0.3, -0.25) is 9.59 Å². The lowest BCUT2D eigenvalue weighted by Gasteiger charge is -2.16. The number of carbonyl (C=O) groups is 2. The number of likely N-dealkylation sites (N-methyl/N-ethyl adjacent to an activating group) is 1. The fraction of sp³-hybridized carbons (Fsp3) is 0.240. The monoisotopic (exact) mass is 449 g/mol. The molecular weight excluding hydrogens is 422 g/mol. The molecule has 2 amide bonds. The van der Waals surface area contributed by atoms with Crippen molar-refractivity contribution in [3.05, 3.63) is 81.3 Å². The van der Waals surface area contributed by atoms with Crippen LogP contribution >= 0.6 is 11.3 Å². The molecule has 1 heterocycles. The maximum absolute atomic E-state index is 12.5. The summed E-state index contributed by atoms with van der Waals surface area (Å²) in [6.45, 7) is 6.22. The van der Waals surface area contributed by atoms with E-state index in [1.807, 2.05) is 68.6 Å². The number of anilines is 1. The van der Waals surface area contributed by atoms with Crippen molar-refractivity contribution in [3.63, 3.8) is 0 Å². The topological polar surface area (TPSA) is 71.5 Å². The van der Waals surface area contributed by atoms with Gasteiger partial charge in [-0.15, -0.1) is 11.3 Å². The molecule has 166 valence electrons. The number of ether oxygens (including phenoxy) is 1. The Bertz CT molecular complexity index is 1140. The summed E-state index contributed by atoms with van der Waals surface area (Å²) in [6, 6.07) is 13.2. The third kappa shape index (κ3) is 6.28. The van der Waals surface area contributed by atoms with Gasteiger partial charge in [0.25, 0.3) is 0 Å². The van der Waals surface area contributed by atoms with E-state index < -0.39 is 0 Å².